The minimum atomic E-state index is 0.547. The monoisotopic (exact) mass is 577 g/mol. The van der Waals surface area contributed by atoms with Crippen LogP contribution in [0, 0.1) is 0 Å². The molecule has 6 aromatic carbocycles. The van der Waals surface area contributed by atoms with Crippen molar-refractivity contribution in [1.82, 2.24) is 14.0 Å². The normalized spacial score (nSPS) is 12.3. The lowest BCUT2D eigenvalue weighted by molar-refractivity contribution is 1.06. The van der Waals surface area contributed by atoms with Crippen LogP contribution < -0.4 is 0 Å². The second-order valence-corrected chi connectivity index (χ2v) is 11.4. The molecule has 0 atom stereocenters. The highest BCUT2D eigenvalue weighted by Crippen LogP contribution is 2.39. The average Bonchev–Trinajstić information content (AvgIpc) is 3.65. The molecule has 3 aromatic heterocycles. The number of aliphatic imine (C=N–C) groups is 2. The van der Waals surface area contributed by atoms with Crippen LogP contribution in [0.2, 0.25) is 0 Å². The summed E-state index contributed by atoms with van der Waals surface area (Å²) in [5.74, 6) is 0.632. The zero-order valence-electron chi connectivity index (χ0n) is 24.4. The van der Waals surface area contributed by atoms with E-state index in [1.165, 1.54) is 21.5 Å². The lowest BCUT2D eigenvalue weighted by Crippen LogP contribution is -2.01. The molecule has 0 saturated heterocycles. The lowest BCUT2D eigenvalue weighted by Gasteiger charge is -2.12. The fourth-order valence-electron chi connectivity index (χ4n) is 6.81. The Morgan fingerprint density at radius 2 is 1.27 bits per heavy atom. The van der Waals surface area contributed by atoms with Gasteiger partial charge in [0, 0.05) is 32.8 Å². The standard InChI is InChI=1S/C40H27N5/c1-41-39(42-25-26-12-3-2-4-13-26)27-14-11-15-28(22-27)44-35-20-9-7-17-30(35)33-24-38-32(23-37(33)44)29-16-5-6-18-31(29)40-43-34-19-8-10-21-36(34)45(38)40/h2-24H,1,25H2. The summed E-state index contributed by atoms with van der Waals surface area (Å²) in [5.41, 5.74) is 9.63. The van der Waals surface area contributed by atoms with Crippen LogP contribution in [-0.2, 0) is 6.54 Å². The maximum Gasteiger partial charge on any atom is 0.154 e. The maximum atomic E-state index is 5.09. The molecule has 0 aliphatic carbocycles. The van der Waals surface area contributed by atoms with Crippen LogP contribution in [0.5, 0.6) is 0 Å². The van der Waals surface area contributed by atoms with Crippen molar-refractivity contribution in [2.45, 2.75) is 6.54 Å². The number of fused-ring (bicyclic) bond motifs is 11. The zero-order valence-corrected chi connectivity index (χ0v) is 24.4. The molecule has 0 spiro atoms. The topological polar surface area (TPSA) is 47.0 Å². The van der Waals surface area contributed by atoms with Crippen LogP contribution in [0.15, 0.2) is 150 Å². The Kier molecular flexibility index (Phi) is 5.65. The van der Waals surface area contributed by atoms with E-state index in [0.29, 0.717) is 12.4 Å². The molecule has 0 aliphatic heterocycles. The van der Waals surface area contributed by atoms with E-state index >= 15 is 0 Å². The molecule has 9 rings (SSSR count). The first kappa shape index (κ1) is 25.4. The van der Waals surface area contributed by atoms with Gasteiger partial charge < -0.3 is 4.57 Å². The van der Waals surface area contributed by atoms with E-state index in [0.717, 1.165) is 55.4 Å². The highest BCUT2D eigenvalue weighted by Gasteiger charge is 2.18. The summed E-state index contributed by atoms with van der Waals surface area (Å²) in [5, 5.41) is 5.91. The summed E-state index contributed by atoms with van der Waals surface area (Å²) in [6, 6.07) is 49.0. The Hall–Kier alpha value is -6.07. The molecule has 0 aliphatic rings. The van der Waals surface area contributed by atoms with Crippen LogP contribution in [0.25, 0.3) is 65.8 Å². The van der Waals surface area contributed by atoms with Crippen LogP contribution in [0.3, 0.4) is 0 Å². The summed E-state index contributed by atoms with van der Waals surface area (Å²) in [6.07, 6.45) is 0. The molecule has 5 nitrogen and oxygen atoms in total. The molecule has 5 heteroatoms. The van der Waals surface area contributed by atoms with Crippen LogP contribution in [0.4, 0.5) is 0 Å². The predicted octanol–water partition coefficient (Wildman–Crippen LogP) is 9.54. The number of hydrogen-bond donors (Lipinski definition) is 0. The van der Waals surface area contributed by atoms with E-state index in [2.05, 4.69) is 142 Å². The van der Waals surface area contributed by atoms with E-state index in [1.54, 1.807) is 0 Å². The van der Waals surface area contributed by atoms with E-state index in [9.17, 15) is 0 Å². The second kappa shape index (κ2) is 10.00. The van der Waals surface area contributed by atoms with Gasteiger partial charge in [0.15, 0.2) is 5.84 Å². The highest BCUT2D eigenvalue weighted by molar-refractivity contribution is 6.20. The van der Waals surface area contributed by atoms with Crippen molar-refractivity contribution in [2.24, 2.45) is 9.98 Å². The average molecular weight is 578 g/mol. The lowest BCUT2D eigenvalue weighted by atomic mass is 10.0. The third kappa shape index (κ3) is 3.91. The van der Waals surface area contributed by atoms with Crippen molar-refractivity contribution >= 4 is 72.7 Å². The minimum absolute atomic E-state index is 0.547. The van der Waals surface area contributed by atoms with Gasteiger partial charge in [-0.25, -0.2) is 9.98 Å². The Bertz CT molecular complexity index is 2640. The molecule has 0 saturated carbocycles. The van der Waals surface area contributed by atoms with Crippen LogP contribution in [0.1, 0.15) is 11.1 Å². The number of benzene rings is 6. The largest absolute Gasteiger partial charge is 0.309 e. The summed E-state index contributed by atoms with van der Waals surface area (Å²) in [4.78, 5) is 14.2. The molecule has 212 valence electrons. The van der Waals surface area contributed by atoms with E-state index < -0.39 is 0 Å². The van der Waals surface area contributed by atoms with Crippen molar-refractivity contribution < 1.29 is 0 Å². The highest BCUT2D eigenvalue weighted by atomic mass is 15.0. The SMILES string of the molecule is C=NC(=NCc1ccccc1)c1cccc(-n2c3ccccc3c3cc4c(cc32)c2ccccc2c2nc3ccccc3n42)c1. The molecular weight excluding hydrogens is 550 g/mol. The fourth-order valence-corrected chi connectivity index (χ4v) is 6.81. The van der Waals surface area contributed by atoms with Gasteiger partial charge in [0.25, 0.3) is 0 Å². The van der Waals surface area contributed by atoms with Gasteiger partial charge in [-0.15, -0.1) is 0 Å². The predicted molar refractivity (Wildman–Crippen MR) is 188 cm³/mol. The van der Waals surface area contributed by atoms with Crippen molar-refractivity contribution in [3.05, 3.63) is 151 Å². The van der Waals surface area contributed by atoms with Gasteiger partial charge >= 0.3 is 0 Å². The summed E-state index contributed by atoms with van der Waals surface area (Å²) < 4.78 is 4.68. The molecule has 0 radical (unpaired) electrons. The maximum absolute atomic E-state index is 5.09. The van der Waals surface area contributed by atoms with Crippen LogP contribution >= 0.6 is 0 Å². The third-order valence-corrected chi connectivity index (χ3v) is 8.82. The molecule has 0 N–H and O–H groups in total. The van der Waals surface area contributed by atoms with Crippen LogP contribution in [-0.4, -0.2) is 26.5 Å². The molecule has 45 heavy (non-hydrogen) atoms. The van der Waals surface area contributed by atoms with Gasteiger partial charge in [-0.1, -0.05) is 97.1 Å². The van der Waals surface area contributed by atoms with Crippen molar-refractivity contribution in [3.63, 3.8) is 0 Å². The quantitative estimate of drug-likeness (QED) is 0.117. The minimum Gasteiger partial charge on any atom is -0.309 e. The molecule has 0 bridgehead atoms. The number of nitrogens with zero attached hydrogens (tertiary/aromatic N) is 5. The number of pyridine rings is 1. The summed E-state index contributed by atoms with van der Waals surface area (Å²) >= 11 is 0. The first-order chi connectivity index (χ1) is 22.3. The van der Waals surface area contributed by atoms with Gasteiger partial charge in [0.1, 0.15) is 5.65 Å². The second-order valence-electron chi connectivity index (χ2n) is 11.4. The number of aromatic nitrogens is 3. The van der Waals surface area contributed by atoms with Crippen molar-refractivity contribution in [1.29, 1.82) is 0 Å². The third-order valence-electron chi connectivity index (χ3n) is 8.82. The Labute approximate surface area is 259 Å². The van der Waals surface area contributed by atoms with Gasteiger partial charge in [0.2, 0.25) is 0 Å². The van der Waals surface area contributed by atoms with Gasteiger partial charge in [-0.05, 0) is 60.1 Å². The van der Waals surface area contributed by atoms with Crippen molar-refractivity contribution in [3.8, 4) is 5.69 Å². The van der Waals surface area contributed by atoms with E-state index in [4.69, 9.17) is 9.98 Å². The number of para-hydroxylation sites is 3. The number of amidine groups is 1. The Morgan fingerprint density at radius 1 is 0.578 bits per heavy atom. The van der Waals surface area contributed by atoms with E-state index in [1.807, 2.05) is 18.2 Å². The number of rotatable bonds is 4. The smallest absolute Gasteiger partial charge is 0.154 e. The first-order valence-corrected chi connectivity index (χ1v) is 15.1. The van der Waals surface area contributed by atoms with Crippen molar-refractivity contribution in [2.75, 3.05) is 0 Å². The molecule has 0 fully saturated rings. The van der Waals surface area contributed by atoms with Gasteiger partial charge in [0.05, 0.1) is 34.1 Å². The Morgan fingerprint density at radius 3 is 2.11 bits per heavy atom. The first-order valence-electron chi connectivity index (χ1n) is 15.1. The number of imidazole rings is 1. The zero-order chi connectivity index (χ0) is 29.9. The Balaban J connectivity index is 1.33. The van der Waals surface area contributed by atoms with E-state index in [-0.39, 0.29) is 0 Å². The fraction of sp³-hybridized carbons (Fsp3) is 0.0250. The molecule has 3 heterocycles. The number of hydrogen-bond acceptors (Lipinski definition) is 2. The van der Waals surface area contributed by atoms with Gasteiger partial charge in [-0.2, -0.15) is 0 Å². The summed E-state index contributed by atoms with van der Waals surface area (Å²) in [7, 11) is 0. The molecule has 9 aromatic rings. The molecular formula is C40H27N5. The van der Waals surface area contributed by atoms with Gasteiger partial charge in [-0.3, -0.25) is 9.39 Å². The molecule has 0 amide bonds. The molecule has 0 unspecified atom stereocenters. The summed E-state index contributed by atoms with van der Waals surface area (Å²) in [6.45, 7) is 4.40.